The van der Waals surface area contributed by atoms with Crippen LogP contribution in [0, 0.1) is 13.8 Å². The van der Waals surface area contributed by atoms with E-state index in [0.29, 0.717) is 57.3 Å². The van der Waals surface area contributed by atoms with E-state index in [-0.39, 0.29) is 6.54 Å². The van der Waals surface area contributed by atoms with Gasteiger partial charge in [0, 0.05) is 5.56 Å². The number of esters is 1. The fraction of sp³-hybridized carbons (Fsp3) is 0.314. The van der Waals surface area contributed by atoms with Gasteiger partial charge in [-0.15, -0.1) is 11.8 Å². The second kappa shape index (κ2) is 12.2. The van der Waals surface area contributed by atoms with E-state index in [9.17, 15) is 22.8 Å². The van der Waals surface area contributed by atoms with Gasteiger partial charge >= 0.3 is 18.2 Å². The van der Waals surface area contributed by atoms with Crippen LogP contribution in [0.15, 0.2) is 65.8 Å². The van der Waals surface area contributed by atoms with Crippen molar-refractivity contribution < 1.29 is 37.0 Å². The Kier molecular flexibility index (Phi) is 8.41. The Hall–Kier alpha value is -4.58. The Labute approximate surface area is 274 Å². The first-order valence-corrected chi connectivity index (χ1v) is 16.1. The van der Waals surface area contributed by atoms with E-state index in [0.717, 1.165) is 28.8 Å². The lowest BCUT2D eigenvalue weighted by molar-refractivity contribution is -0.137. The average molecular weight is 664 g/mol. The van der Waals surface area contributed by atoms with Crippen LogP contribution < -0.4 is 4.74 Å². The number of cyclic esters (lactones) is 1. The van der Waals surface area contributed by atoms with Gasteiger partial charge in [-0.25, -0.2) is 14.6 Å². The number of nitrogens with zero attached hydrogens (tertiary/aromatic N) is 3. The molecule has 47 heavy (non-hydrogen) atoms. The second-order valence-electron chi connectivity index (χ2n) is 11.7. The molecule has 1 spiro atoms. The summed E-state index contributed by atoms with van der Waals surface area (Å²) < 4.78 is 57.5. The molecular weight excluding hydrogens is 631 g/mol. The Bertz CT molecular complexity index is 1890. The van der Waals surface area contributed by atoms with Gasteiger partial charge in [0.15, 0.2) is 6.10 Å². The first kappa shape index (κ1) is 32.4. The van der Waals surface area contributed by atoms with Crippen LogP contribution in [-0.4, -0.2) is 52.9 Å². The van der Waals surface area contributed by atoms with E-state index in [1.54, 1.807) is 43.3 Å². The summed E-state index contributed by atoms with van der Waals surface area (Å²) in [4.78, 5) is 36.7. The van der Waals surface area contributed by atoms with Crippen LogP contribution >= 0.6 is 11.8 Å². The van der Waals surface area contributed by atoms with Crippen LogP contribution in [0.25, 0.3) is 22.4 Å². The van der Waals surface area contributed by atoms with Crippen molar-refractivity contribution in [2.75, 3.05) is 20.5 Å². The number of hydrogen-bond acceptors (Lipinski definition) is 8. The molecule has 0 unspecified atom stereocenters. The van der Waals surface area contributed by atoms with Crippen molar-refractivity contribution in [1.82, 2.24) is 14.9 Å². The van der Waals surface area contributed by atoms with Crippen molar-refractivity contribution in [3.63, 3.8) is 0 Å². The highest BCUT2D eigenvalue weighted by molar-refractivity contribution is 7.98. The quantitative estimate of drug-likeness (QED) is 0.138. The number of hydrogen-bond donors (Lipinski definition) is 0. The zero-order chi connectivity index (χ0) is 33.7. The molecule has 0 N–H and O–H groups in total. The summed E-state index contributed by atoms with van der Waals surface area (Å²) in [5.41, 5.74) is 3.83. The third-order valence-electron chi connectivity index (χ3n) is 8.71. The molecule has 1 amide bonds. The first-order chi connectivity index (χ1) is 22.4. The SMILES string of the molecule is COC(=O)c1ccc(-c2ccc(OC)c(-c3ncc(SC)nc3CN3C(=O)O[C@H](c4cc(C)cc(C(F)(F)F)c4)C34CC4)c2)c(C)c1. The number of aromatic nitrogens is 2. The molecule has 3 aromatic carbocycles. The Morgan fingerprint density at radius 3 is 2.47 bits per heavy atom. The number of rotatable bonds is 8. The van der Waals surface area contributed by atoms with Crippen molar-refractivity contribution in [1.29, 1.82) is 0 Å². The number of benzene rings is 3. The predicted octanol–water partition coefficient (Wildman–Crippen LogP) is 8.19. The molecule has 12 heteroatoms. The number of carbonyl (C=O) groups is 2. The summed E-state index contributed by atoms with van der Waals surface area (Å²) in [7, 11) is 2.89. The lowest BCUT2D eigenvalue weighted by Gasteiger charge is -2.25. The van der Waals surface area contributed by atoms with E-state index in [2.05, 4.69) is 0 Å². The van der Waals surface area contributed by atoms with Crippen LogP contribution in [0.1, 0.15) is 57.3 Å². The summed E-state index contributed by atoms with van der Waals surface area (Å²) >= 11 is 1.40. The van der Waals surface area contributed by atoms with Crippen LogP contribution in [-0.2, 0) is 22.2 Å². The van der Waals surface area contributed by atoms with Crippen LogP contribution in [0.5, 0.6) is 5.75 Å². The summed E-state index contributed by atoms with van der Waals surface area (Å²) in [6, 6.07) is 14.8. The minimum absolute atomic E-state index is 0.0320. The third-order valence-corrected chi connectivity index (χ3v) is 9.32. The number of halogens is 3. The van der Waals surface area contributed by atoms with Crippen molar-refractivity contribution in [3.8, 4) is 28.1 Å². The van der Waals surface area contributed by atoms with Gasteiger partial charge in [0.2, 0.25) is 0 Å². The molecule has 1 atom stereocenters. The summed E-state index contributed by atoms with van der Waals surface area (Å²) in [5, 5.41) is 0.635. The molecule has 1 saturated carbocycles. The lowest BCUT2D eigenvalue weighted by atomic mass is 9.95. The Balaban J connectivity index is 1.39. The van der Waals surface area contributed by atoms with Gasteiger partial charge in [0.05, 0.1) is 55.0 Å². The fourth-order valence-corrected chi connectivity index (χ4v) is 6.63. The van der Waals surface area contributed by atoms with Gasteiger partial charge in [-0.1, -0.05) is 23.8 Å². The van der Waals surface area contributed by atoms with Gasteiger partial charge in [-0.3, -0.25) is 9.88 Å². The molecule has 0 bridgehead atoms. The maximum absolute atomic E-state index is 13.7. The number of methoxy groups -OCH3 is 2. The van der Waals surface area contributed by atoms with Gasteiger partial charge in [-0.05, 0) is 91.6 Å². The fourth-order valence-electron chi connectivity index (χ4n) is 6.27. The van der Waals surface area contributed by atoms with Crippen molar-refractivity contribution in [2.45, 2.75) is 56.1 Å². The molecule has 4 aromatic rings. The van der Waals surface area contributed by atoms with E-state index in [1.165, 1.54) is 18.9 Å². The van der Waals surface area contributed by atoms with Gasteiger partial charge in [0.1, 0.15) is 10.8 Å². The summed E-state index contributed by atoms with van der Waals surface area (Å²) in [5.74, 6) is 0.107. The number of thioether (sulfide) groups is 1. The van der Waals surface area contributed by atoms with Gasteiger partial charge < -0.3 is 14.2 Å². The molecule has 0 radical (unpaired) electrons. The number of amides is 1. The average Bonchev–Trinajstić information content (AvgIpc) is 3.80. The third kappa shape index (κ3) is 6.02. The zero-order valence-electron chi connectivity index (χ0n) is 26.4. The molecule has 1 aliphatic heterocycles. The van der Waals surface area contributed by atoms with Gasteiger partial charge in [0.25, 0.3) is 0 Å². The van der Waals surface area contributed by atoms with Gasteiger partial charge in [-0.2, -0.15) is 13.2 Å². The topological polar surface area (TPSA) is 90.9 Å². The molecule has 2 fully saturated rings. The largest absolute Gasteiger partial charge is 0.496 e. The predicted molar refractivity (Wildman–Crippen MR) is 170 cm³/mol. The monoisotopic (exact) mass is 663 g/mol. The number of aryl methyl sites for hydroxylation is 2. The number of alkyl halides is 3. The van der Waals surface area contributed by atoms with Crippen LogP contribution in [0.2, 0.25) is 0 Å². The maximum atomic E-state index is 13.7. The molecule has 1 aromatic heterocycles. The molecule has 2 heterocycles. The highest BCUT2D eigenvalue weighted by Gasteiger charge is 2.63. The Morgan fingerprint density at radius 1 is 1.06 bits per heavy atom. The smallest absolute Gasteiger partial charge is 0.416 e. The van der Waals surface area contributed by atoms with E-state index < -0.39 is 35.4 Å². The number of ether oxygens (including phenoxy) is 3. The first-order valence-electron chi connectivity index (χ1n) is 14.8. The molecule has 8 nitrogen and oxygen atoms in total. The molecule has 2 aliphatic rings. The standard InChI is InChI=1S/C35H32F3N3O5S/c1-19-12-23(15-24(13-19)35(36,37)38)31-34(10-11-34)41(33(43)46-31)18-27-30(39-17-29(40-27)47-5)26-16-21(7-9-28(26)44-3)25-8-6-22(14-20(25)2)32(42)45-4/h6-9,12-17,31H,10-11,18H2,1-5H3/t31-/m1/s1. The highest BCUT2D eigenvalue weighted by atomic mass is 32.2. The van der Waals surface area contributed by atoms with E-state index in [1.807, 2.05) is 37.4 Å². The highest BCUT2D eigenvalue weighted by Crippen LogP contribution is 2.58. The molecule has 244 valence electrons. The van der Waals surface area contributed by atoms with Crippen LogP contribution in [0.4, 0.5) is 18.0 Å². The Morgan fingerprint density at radius 2 is 1.83 bits per heavy atom. The second-order valence-corrected chi connectivity index (χ2v) is 12.6. The summed E-state index contributed by atoms with van der Waals surface area (Å²) in [6.07, 6.45) is -1.34. The molecular formula is C35H32F3N3O5S. The van der Waals surface area contributed by atoms with E-state index in [4.69, 9.17) is 24.2 Å². The van der Waals surface area contributed by atoms with Crippen molar-refractivity contribution >= 4 is 23.8 Å². The normalized spacial score (nSPS) is 16.7. The molecule has 1 aliphatic carbocycles. The molecule has 6 rings (SSSR count). The van der Waals surface area contributed by atoms with E-state index >= 15 is 0 Å². The minimum atomic E-state index is -4.53. The lowest BCUT2D eigenvalue weighted by Crippen LogP contribution is -2.36. The van der Waals surface area contributed by atoms with Crippen molar-refractivity contribution in [3.05, 3.63) is 94.3 Å². The molecule has 1 saturated heterocycles. The minimum Gasteiger partial charge on any atom is -0.496 e. The number of carbonyl (C=O) groups excluding carboxylic acids is 2. The zero-order valence-corrected chi connectivity index (χ0v) is 27.2. The maximum Gasteiger partial charge on any atom is 0.416 e. The van der Waals surface area contributed by atoms with Crippen molar-refractivity contribution in [2.24, 2.45) is 0 Å². The van der Waals surface area contributed by atoms with Crippen LogP contribution in [0.3, 0.4) is 0 Å². The summed E-state index contributed by atoms with van der Waals surface area (Å²) in [6.45, 7) is 3.53.